The molecule has 1 N–H and O–H groups in total. The molecule has 0 amide bonds. The van der Waals surface area contributed by atoms with Crippen LogP contribution in [0.1, 0.15) is 0 Å². The van der Waals surface area contributed by atoms with Crippen LogP contribution in [-0.4, -0.2) is 31.2 Å². The van der Waals surface area contributed by atoms with Gasteiger partial charge in [-0.05, 0) is 28.1 Å². The van der Waals surface area contributed by atoms with Crippen molar-refractivity contribution in [1.29, 1.82) is 0 Å². The summed E-state index contributed by atoms with van der Waals surface area (Å²) in [4.78, 5) is 8.75. The van der Waals surface area contributed by atoms with Crippen molar-refractivity contribution in [3.63, 3.8) is 0 Å². The number of anilines is 1. The number of halogens is 1. The second-order valence-corrected chi connectivity index (χ2v) is 4.54. The van der Waals surface area contributed by atoms with E-state index in [1.54, 1.807) is 27.5 Å². The quantitative estimate of drug-likeness (QED) is 0.937. The van der Waals surface area contributed by atoms with Gasteiger partial charge in [0.1, 0.15) is 5.82 Å². The summed E-state index contributed by atoms with van der Waals surface area (Å²) in [7, 11) is 5.00. The fourth-order valence-electron chi connectivity index (χ4n) is 1.74. The summed E-state index contributed by atoms with van der Waals surface area (Å²) in [6.45, 7) is 0. The number of para-hydroxylation sites is 1. The topological polar surface area (TPSA) is 56.3 Å². The van der Waals surface area contributed by atoms with Crippen molar-refractivity contribution in [2.75, 3.05) is 26.6 Å². The molecule has 0 spiro atoms. The van der Waals surface area contributed by atoms with Gasteiger partial charge < -0.3 is 14.8 Å². The number of rotatable bonds is 4. The molecule has 1 aromatic carbocycles. The summed E-state index contributed by atoms with van der Waals surface area (Å²) in [5.41, 5.74) is 0.783. The molecule has 0 bridgehead atoms. The van der Waals surface area contributed by atoms with Gasteiger partial charge in [0.15, 0.2) is 17.3 Å². The molecule has 0 aliphatic heterocycles. The molecular weight excluding hydrogens is 310 g/mol. The van der Waals surface area contributed by atoms with Crippen LogP contribution in [0.3, 0.4) is 0 Å². The van der Waals surface area contributed by atoms with E-state index in [4.69, 9.17) is 9.47 Å². The summed E-state index contributed by atoms with van der Waals surface area (Å²) in [5.74, 6) is 2.56. The lowest BCUT2D eigenvalue weighted by molar-refractivity contribution is 0.356. The predicted molar refractivity (Wildman–Crippen MR) is 77.8 cm³/mol. The summed E-state index contributed by atoms with van der Waals surface area (Å²) in [6, 6.07) is 5.60. The Morgan fingerprint density at radius 3 is 2.63 bits per heavy atom. The lowest BCUT2D eigenvalue weighted by atomic mass is 10.1. The third-order valence-electron chi connectivity index (χ3n) is 2.62. The van der Waals surface area contributed by atoms with E-state index in [1.165, 1.54) is 0 Å². The number of ether oxygens (including phenoxy) is 2. The van der Waals surface area contributed by atoms with Crippen LogP contribution >= 0.6 is 15.9 Å². The first-order chi connectivity index (χ1) is 9.21. The highest BCUT2D eigenvalue weighted by molar-refractivity contribution is 9.10. The van der Waals surface area contributed by atoms with Gasteiger partial charge in [0.05, 0.1) is 24.3 Å². The lowest BCUT2D eigenvalue weighted by Gasteiger charge is -2.12. The van der Waals surface area contributed by atoms with Crippen molar-refractivity contribution in [1.82, 2.24) is 9.97 Å². The van der Waals surface area contributed by atoms with Crippen molar-refractivity contribution in [2.45, 2.75) is 0 Å². The van der Waals surface area contributed by atoms with E-state index < -0.39 is 0 Å². The van der Waals surface area contributed by atoms with Gasteiger partial charge in [0.2, 0.25) is 0 Å². The van der Waals surface area contributed by atoms with E-state index in [9.17, 15) is 0 Å². The van der Waals surface area contributed by atoms with Crippen molar-refractivity contribution < 1.29 is 9.47 Å². The lowest BCUT2D eigenvalue weighted by Crippen LogP contribution is -2.00. The average Bonchev–Trinajstić information content (AvgIpc) is 2.46. The molecule has 100 valence electrons. The highest BCUT2D eigenvalue weighted by Crippen LogP contribution is 2.36. The van der Waals surface area contributed by atoms with Gasteiger partial charge in [-0.3, -0.25) is 0 Å². The summed E-state index contributed by atoms with van der Waals surface area (Å²) < 4.78 is 11.5. The van der Waals surface area contributed by atoms with Crippen molar-refractivity contribution in [3.8, 4) is 22.9 Å². The predicted octanol–water partition coefficient (Wildman–Crippen LogP) is 2.97. The van der Waals surface area contributed by atoms with Crippen LogP contribution in [0.2, 0.25) is 0 Å². The maximum atomic E-state index is 5.39. The van der Waals surface area contributed by atoms with Crippen molar-refractivity contribution in [3.05, 3.63) is 28.9 Å². The van der Waals surface area contributed by atoms with E-state index in [-0.39, 0.29) is 0 Å². The van der Waals surface area contributed by atoms with Crippen LogP contribution in [0, 0.1) is 0 Å². The standard InChI is InChI=1S/C13H14BrN3O2/c1-15-13-9(14)7-16-12(17-13)8-5-4-6-10(18-2)11(8)19-3/h4-7H,1-3H3,(H,15,16,17). The van der Waals surface area contributed by atoms with Crippen LogP contribution < -0.4 is 14.8 Å². The third-order valence-corrected chi connectivity index (χ3v) is 3.21. The Morgan fingerprint density at radius 2 is 2.00 bits per heavy atom. The maximum absolute atomic E-state index is 5.39. The molecule has 1 heterocycles. The molecular formula is C13H14BrN3O2. The van der Waals surface area contributed by atoms with Crippen molar-refractivity contribution in [2.24, 2.45) is 0 Å². The van der Waals surface area contributed by atoms with E-state index >= 15 is 0 Å². The maximum Gasteiger partial charge on any atom is 0.171 e. The fourth-order valence-corrected chi connectivity index (χ4v) is 2.12. The molecule has 0 saturated heterocycles. The summed E-state index contributed by atoms with van der Waals surface area (Å²) in [5, 5.41) is 3.00. The molecule has 2 aromatic rings. The zero-order valence-corrected chi connectivity index (χ0v) is 12.5. The van der Waals surface area contributed by atoms with Crippen LogP contribution in [0.25, 0.3) is 11.4 Å². The number of benzene rings is 1. The van der Waals surface area contributed by atoms with Crippen LogP contribution in [-0.2, 0) is 0 Å². The number of hydrogen-bond acceptors (Lipinski definition) is 5. The number of methoxy groups -OCH3 is 2. The van der Waals surface area contributed by atoms with Gasteiger partial charge in [0, 0.05) is 13.2 Å². The molecule has 0 aliphatic rings. The van der Waals surface area contributed by atoms with Crippen LogP contribution in [0.4, 0.5) is 5.82 Å². The van der Waals surface area contributed by atoms with Crippen LogP contribution in [0.5, 0.6) is 11.5 Å². The number of aromatic nitrogens is 2. The molecule has 19 heavy (non-hydrogen) atoms. The van der Waals surface area contributed by atoms with Gasteiger partial charge in [-0.15, -0.1) is 0 Å². The van der Waals surface area contributed by atoms with Gasteiger partial charge in [-0.1, -0.05) is 6.07 Å². The number of nitrogens with zero attached hydrogens (tertiary/aromatic N) is 2. The Kier molecular flexibility index (Phi) is 4.21. The zero-order chi connectivity index (χ0) is 13.8. The molecule has 0 radical (unpaired) electrons. The Labute approximate surface area is 120 Å². The Morgan fingerprint density at radius 1 is 1.21 bits per heavy atom. The first kappa shape index (κ1) is 13.6. The first-order valence-corrected chi connectivity index (χ1v) is 6.42. The Balaban J connectivity index is 2.58. The molecule has 5 nitrogen and oxygen atoms in total. The summed E-state index contributed by atoms with van der Waals surface area (Å²) >= 11 is 3.38. The number of nitrogens with one attached hydrogen (secondary N) is 1. The molecule has 0 unspecified atom stereocenters. The Bertz CT molecular complexity index is 590. The smallest absolute Gasteiger partial charge is 0.171 e. The monoisotopic (exact) mass is 323 g/mol. The van der Waals surface area contributed by atoms with Crippen LogP contribution in [0.15, 0.2) is 28.9 Å². The molecule has 0 saturated carbocycles. The molecule has 2 rings (SSSR count). The van der Waals surface area contributed by atoms with Gasteiger partial charge in [-0.2, -0.15) is 0 Å². The second-order valence-electron chi connectivity index (χ2n) is 3.68. The fraction of sp³-hybridized carbons (Fsp3) is 0.231. The van der Waals surface area contributed by atoms with Gasteiger partial charge in [0.25, 0.3) is 0 Å². The van der Waals surface area contributed by atoms with E-state index in [1.807, 2.05) is 18.2 Å². The number of hydrogen-bond donors (Lipinski definition) is 1. The van der Waals surface area contributed by atoms with E-state index in [0.717, 1.165) is 15.9 Å². The minimum atomic E-state index is 0.573. The third kappa shape index (κ3) is 2.63. The minimum Gasteiger partial charge on any atom is -0.493 e. The van der Waals surface area contributed by atoms with E-state index in [0.29, 0.717) is 17.3 Å². The van der Waals surface area contributed by atoms with Gasteiger partial charge >= 0.3 is 0 Å². The molecule has 6 heteroatoms. The zero-order valence-electron chi connectivity index (χ0n) is 10.9. The highest BCUT2D eigenvalue weighted by atomic mass is 79.9. The molecule has 0 aliphatic carbocycles. The highest BCUT2D eigenvalue weighted by Gasteiger charge is 2.14. The first-order valence-electron chi connectivity index (χ1n) is 5.63. The molecule has 0 atom stereocenters. The van der Waals surface area contributed by atoms with E-state index in [2.05, 4.69) is 31.2 Å². The summed E-state index contributed by atoms with van der Waals surface area (Å²) in [6.07, 6.45) is 1.70. The second kappa shape index (κ2) is 5.88. The normalized spacial score (nSPS) is 10.1. The molecule has 0 fully saturated rings. The van der Waals surface area contributed by atoms with Gasteiger partial charge in [-0.25, -0.2) is 9.97 Å². The molecule has 1 aromatic heterocycles. The largest absolute Gasteiger partial charge is 0.493 e. The SMILES string of the molecule is CNc1nc(-c2cccc(OC)c2OC)ncc1Br. The average molecular weight is 324 g/mol. The minimum absolute atomic E-state index is 0.573. The Hall–Kier alpha value is -1.82. The van der Waals surface area contributed by atoms with Crippen molar-refractivity contribution >= 4 is 21.7 Å².